The van der Waals surface area contributed by atoms with Crippen molar-refractivity contribution in [3.8, 4) is 11.3 Å². The van der Waals surface area contributed by atoms with E-state index < -0.39 is 23.8 Å². The number of carbonyl (C=O) groups excluding carboxylic acids is 1. The predicted octanol–water partition coefficient (Wildman–Crippen LogP) is 5.25. The van der Waals surface area contributed by atoms with Gasteiger partial charge >= 0.3 is 6.18 Å². The first kappa shape index (κ1) is 23.5. The molecule has 0 saturated heterocycles. The molecule has 4 rings (SSSR count). The van der Waals surface area contributed by atoms with Gasteiger partial charge in [0.1, 0.15) is 5.56 Å². The van der Waals surface area contributed by atoms with E-state index >= 15 is 0 Å². The van der Waals surface area contributed by atoms with Gasteiger partial charge in [0.05, 0.1) is 23.6 Å². The van der Waals surface area contributed by atoms with Crippen LogP contribution in [0.25, 0.3) is 16.9 Å². The molecule has 3 heterocycles. The highest BCUT2D eigenvalue weighted by Gasteiger charge is 2.36. The molecule has 1 unspecified atom stereocenters. The smallest absolute Gasteiger partial charge is 0.344 e. The average Bonchev–Trinajstić information content (AvgIpc) is 3.44. The maximum absolute atomic E-state index is 13.9. The predicted molar refractivity (Wildman–Crippen MR) is 121 cm³/mol. The Labute approximate surface area is 194 Å². The van der Waals surface area contributed by atoms with E-state index in [4.69, 9.17) is 0 Å². The van der Waals surface area contributed by atoms with Gasteiger partial charge in [-0.1, -0.05) is 38.1 Å². The number of aryl methyl sites for hydroxylation is 1. The molecule has 0 spiro atoms. The Morgan fingerprint density at radius 1 is 1.09 bits per heavy atom. The first-order chi connectivity index (χ1) is 16.1. The second kappa shape index (κ2) is 8.92. The van der Waals surface area contributed by atoms with Gasteiger partial charge < -0.3 is 5.32 Å². The monoisotopic (exact) mass is 470 g/mol. The molecule has 4 aromatic rings. The van der Waals surface area contributed by atoms with Crippen LogP contribution in [0.5, 0.6) is 0 Å². The highest BCUT2D eigenvalue weighted by atomic mass is 19.4. The lowest BCUT2D eigenvalue weighted by Gasteiger charge is -2.15. The van der Waals surface area contributed by atoms with Crippen molar-refractivity contribution in [2.75, 3.05) is 0 Å². The van der Waals surface area contributed by atoms with Gasteiger partial charge in [-0.25, -0.2) is 9.50 Å². The molecule has 0 saturated carbocycles. The van der Waals surface area contributed by atoms with E-state index in [1.165, 1.54) is 0 Å². The van der Waals surface area contributed by atoms with Crippen LogP contribution in [-0.2, 0) is 12.7 Å². The molecule has 10 heteroatoms. The van der Waals surface area contributed by atoms with E-state index in [9.17, 15) is 18.0 Å². The lowest BCUT2D eigenvalue weighted by atomic mass is 10.0. The summed E-state index contributed by atoms with van der Waals surface area (Å²) in [7, 11) is 0. The first-order valence-electron chi connectivity index (χ1n) is 11.0. The Bertz CT molecular complexity index is 1320. The molecule has 0 aliphatic rings. The van der Waals surface area contributed by atoms with Crippen molar-refractivity contribution in [2.24, 2.45) is 0 Å². The summed E-state index contributed by atoms with van der Waals surface area (Å²) in [6.07, 6.45) is -1.94. The van der Waals surface area contributed by atoms with Crippen molar-refractivity contribution in [1.82, 2.24) is 29.7 Å². The van der Waals surface area contributed by atoms with Crippen molar-refractivity contribution >= 4 is 11.6 Å². The maximum atomic E-state index is 13.9. The van der Waals surface area contributed by atoms with Gasteiger partial charge in [0.15, 0.2) is 11.3 Å². The number of amides is 1. The molecule has 0 aliphatic carbocycles. The summed E-state index contributed by atoms with van der Waals surface area (Å²) in [5.74, 6) is -0.286. The van der Waals surface area contributed by atoms with Crippen molar-refractivity contribution in [3.05, 3.63) is 71.3 Å². The molecule has 7 nitrogen and oxygen atoms in total. The zero-order chi connectivity index (χ0) is 24.6. The van der Waals surface area contributed by atoms with Crippen LogP contribution in [0.1, 0.15) is 67.0 Å². The number of benzene rings is 1. The molecule has 3 aromatic heterocycles. The summed E-state index contributed by atoms with van der Waals surface area (Å²) in [4.78, 5) is 17.4. The summed E-state index contributed by atoms with van der Waals surface area (Å²) in [5.41, 5.74) is 1.27. The van der Waals surface area contributed by atoms with E-state index in [2.05, 4.69) is 20.5 Å². The van der Waals surface area contributed by atoms with Crippen LogP contribution in [0.15, 0.2) is 48.8 Å². The molecule has 0 fully saturated rings. The number of fused-ring (bicyclic) bond motifs is 1. The standard InChI is InChI=1S/C24H25F3N6O/c1-5-32-20(10-11-28-32)15(4)30-23(34)18-13-29-33-21(24(25,26)27)12-19(31-22(18)33)17-8-6-16(7-9-17)14(2)3/h6-15H,5H2,1-4H3,(H,30,34). The van der Waals surface area contributed by atoms with Crippen molar-refractivity contribution in [3.63, 3.8) is 0 Å². The van der Waals surface area contributed by atoms with Crippen molar-refractivity contribution in [1.29, 1.82) is 0 Å². The summed E-state index contributed by atoms with van der Waals surface area (Å²) in [6.45, 7) is 8.39. The van der Waals surface area contributed by atoms with Gasteiger partial charge in [-0.2, -0.15) is 23.4 Å². The number of nitrogens with one attached hydrogen (secondary N) is 1. The van der Waals surface area contributed by atoms with Gasteiger partial charge in [0.25, 0.3) is 5.91 Å². The fourth-order valence-electron chi connectivity index (χ4n) is 3.83. The minimum atomic E-state index is -4.69. The fraction of sp³-hybridized carbons (Fsp3) is 0.333. The summed E-state index contributed by atoms with van der Waals surface area (Å²) >= 11 is 0. The van der Waals surface area contributed by atoms with Crippen molar-refractivity contribution in [2.45, 2.75) is 52.4 Å². The molecular formula is C24H25F3N6O. The largest absolute Gasteiger partial charge is 0.433 e. The Morgan fingerprint density at radius 2 is 1.79 bits per heavy atom. The van der Waals surface area contributed by atoms with Gasteiger partial charge in [0, 0.05) is 18.3 Å². The van der Waals surface area contributed by atoms with Crippen LogP contribution in [0, 0.1) is 0 Å². The minimum Gasteiger partial charge on any atom is -0.344 e. The number of alkyl halides is 3. The third kappa shape index (κ3) is 4.40. The minimum absolute atomic E-state index is 0.0411. The molecule has 1 N–H and O–H groups in total. The van der Waals surface area contributed by atoms with E-state index in [0.29, 0.717) is 16.6 Å². The number of rotatable bonds is 6. The lowest BCUT2D eigenvalue weighted by Crippen LogP contribution is -2.28. The molecule has 1 amide bonds. The van der Waals surface area contributed by atoms with E-state index in [1.54, 1.807) is 36.0 Å². The Kier molecular flexibility index (Phi) is 6.16. The fourth-order valence-corrected chi connectivity index (χ4v) is 3.83. The molecule has 1 aromatic carbocycles. The second-order valence-corrected chi connectivity index (χ2v) is 8.36. The Hall–Kier alpha value is -3.69. The lowest BCUT2D eigenvalue weighted by molar-refractivity contribution is -0.142. The molecule has 0 radical (unpaired) electrons. The number of hydrogen-bond acceptors (Lipinski definition) is 4. The highest BCUT2D eigenvalue weighted by molar-refractivity contribution is 6.00. The number of carbonyl (C=O) groups is 1. The second-order valence-electron chi connectivity index (χ2n) is 8.36. The zero-order valence-corrected chi connectivity index (χ0v) is 19.3. The summed E-state index contributed by atoms with van der Waals surface area (Å²) in [6, 6.07) is 9.51. The number of aromatic nitrogens is 5. The van der Waals surface area contributed by atoms with Crippen LogP contribution in [0.2, 0.25) is 0 Å². The van der Waals surface area contributed by atoms with E-state index in [0.717, 1.165) is 23.5 Å². The van der Waals surface area contributed by atoms with Crippen LogP contribution in [0.4, 0.5) is 13.2 Å². The van der Waals surface area contributed by atoms with Gasteiger partial charge in [-0.3, -0.25) is 9.48 Å². The zero-order valence-electron chi connectivity index (χ0n) is 19.3. The molecule has 178 valence electrons. The third-order valence-corrected chi connectivity index (χ3v) is 5.72. The van der Waals surface area contributed by atoms with E-state index in [-0.39, 0.29) is 22.8 Å². The van der Waals surface area contributed by atoms with Gasteiger partial charge in [0.2, 0.25) is 0 Å². The molecular weight excluding hydrogens is 445 g/mol. The maximum Gasteiger partial charge on any atom is 0.433 e. The number of halogens is 3. The summed E-state index contributed by atoms with van der Waals surface area (Å²) < 4.78 is 44.0. The van der Waals surface area contributed by atoms with Crippen molar-refractivity contribution < 1.29 is 18.0 Å². The normalized spacial score (nSPS) is 12.9. The molecule has 34 heavy (non-hydrogen) atoms. The van der Waals surface area contributed by atoms with Crippen LogP contribution < -0.4 is 5.32 Å². The van der Waals surface area contributed by atoms with E-state index in [1.807, 2.05) is 32.9 Å². The van der Waals surface area contributed by atoms with Crippen LogP contribution >= 0.6 is 0 Å². The summed E-state index contributed by atoms with van der Waals surface area (Å²) in [5, 5.41) is 10.8. The number of nitrogens with zero attached hydrogens (tertiary/aromatic N) is 5. The van der Waals surface area contributed by atoms with Gasteiger partial charge in [-0.15, -0.1) is 0 Å². The average molecular weight is 470 g/mol. The molecule has 1 atom stereocenters. The highest BCUT2D eigenvalue weighted by Crippen LogP contribution is 2.33. The first-order valence-corrected chi connectivity index (χ1v) is 11.0. The Balaban J connectivity index is 1.76. The SMILES string of the molecule is CCn1nccc1C(C)NC(=O)c1cnn2c(C(F)(F)F)cc(-c3ccc(C(C)C)cc3)nc12. The topological polar surface area (TPSA) is 77.1 Å². The van der Waals surface area contributed by atoms with Crippen LogP contribution in [0.3, 0.4) is 0 Å². The number of hydrogen-bond donors (Lipinski definition) is 1. The van der Waals surface area contributed by atoms with Gasteiger partial charge in [-0.05, 0) is 37.5 Å². The Morgan fingerprint density at radius 3 is 2.41 bits per heavy atom. The molecule has 0 aliphatic heterocycles. The third-order valence-electron chi connectivity index (χ3n) is 5.72. The molecule has 0 bridgehead atoms. The van der Waals surface area contributed by atoms with Crippen LogP contribution in [-0.4, -0.2) is 30.3 Å². The quantitative estimate of drug-likeness (QED) is 0.418.